The van der Waals surface area contributed by atoms with Gasteiger partial charge in [0, 0.05) is 25.0 Å². The van der Waals surface area contributed by atoms with E-state index in [1.54, 1.807) is 16.8 Å². The van der Waals surface area contributed by atoms with Gasteiger partial charge in [0.15, 0.2) is 11.6 Å². The van der Waals surface area contributed by atoms with Gasteiger partial charge in [-0.25, -0.2) is 8.78 Å². The quantitative estimate of drug-likeness (QED) is 0.888. The summed E-state index contributed by atoms with van der Waals surface area (Å²) in [6.07, 6.45) is 1.17. The van der Waals surface area contributed by atoms with Crippen LogP contribution in [-0.4, -0.2) is 48.3 Å². The molecule has 1 saturated heterocycles. The van der Waals surface area contributed by atoms with E-state index in [1.807, 2.05) is 6.92 Å². The zero-order valence-corrected chi connectivity index (χ0v) is 14.0. The number of carbonyl (C=O) groups is 2. The molecule has 0 radical (unpaired) electrons. The van der Waals surface area contributed by atoms with Crippen molar-refractivity contribution in [3.63, 3.8) is 0 Å². The second-order valence-electron chi connectivity index (χ2n) is 6.32. The molecule has 2 N–H and O–H groups in total. The number of likely N-dealkylation sites (tertiary alicyclic amines) is 1. The van der Waals surface area contributed by atoms with E-state index in [2.05, 4.69) is 0 Å². The summed E-state index contributed by atoms with van der Waals surface area (Å²) in [5.74, 6) is -2.30. The molecule has 1 aromatic carbocycles. The first kappa shape index (κ1) is 18.3. The molecular weight excluding hydrogens is 316 g/mol. The first-order valence-corrected chi connectivity index (χ1v) is 8.02. The lowest BCUT2D eigenvalue weighted by Crippen LogP contribution is -2.45. The van der Waals surface area contributed by atoms with Crippen molar-refractivity contribution in [3.05, 3.63) is 35.4 Å². The van der Waals surface area contributed by atoms with E-state index in [4.69, 9.17) is 5.73 Å². The summed E-state index contributed by atoms with van der Waals surface area (Å²) in [4.78, 5) is 27.0. The fourth-order valence-corrected chi connectivity index (χ4v) is 2.89. The second-order valence-corrected chi connectivity index (χ2v) is 6.32. The number of hydrogen-bond acceptors (Lipinski definition) is 3. The molecule has 0 aromatic heterocycles. The van der Waals surface area contributed by atoms with Gasteiger partial charge in [-0.15, -0.1) is 0 Å². The zero-order valence-electron chi connectivity index (χ0n) is 14.0. The van der Waals surface area contributed by atoms with Crippen molar-refractivity contribution in [2.24, 2.45) is 11.7 Å². The molecule has 1 atom stereocenters. The number of rotatable bonds is 5. The number of amides is 2. The van der Waals surface area contributed by atoms with E-state index in [1.165, 1.54) is 6.07 Å². The zero-order chi connectivity index (χ0) is 17.9. The second kappa shape index (κ2) is 7.70. The molecule has 2 amide bonds. The van der Waals surface area contributed by atoms with E-state index in [9.17, 15) is 18.4 Å². The van der Waals surface area contributed by atoms with Crippen molar-refractivity contribution < 1.29 is 18.4 Å². The molecule has 0 spiro atoms. The van der Waals surface area contributed by atoms with Crippen LogP contribution in [0.4, 0.5) is 8.78 Å². The molecule has 0 bridgehead atoms. The molecule has 1 unspecified atom stereocenters. The Morgan fingerprint density at radius 1 is 1.29 bits per heavy atom. The summed E-state index contributed by atoms with van der Waals surface area (Å²) in [7, 11) is 1.76. The van der Waals surface area contributed by atoms with E-state index in [-0.39, 0.29) is 30.3 Å². The van der Waals surface area contributed by atoms with Crippen LogP contribution in [0.15, 0.2) is 18.2 Å². The molecule has 5 nitrogen and oxygen atoms in total. The fraction of sp³-hybridized carbons (Fsp3) is 0.529. The van der Waals surface area contributed by atoms with E-state index < -0.39 is 11.6 Å². The monoisotopic (exact) mass is 339 g/mol. The smallest absolute Gasteiger partial charge is 0.236 e. The molecule has 2 rings (SSSR count). The maximum atomic E-state index is 13.4. The highest BCUT2D eigenvalue weighted by molar-refractivity contribution is 5.80. The van der Waals surface area contributed by atoms with Crippen LogP contribution >= 0.6 is 0 Å². The largest absolute Gasteiger partial charge is 0.369 e. The Balaban J connectivity index is 1.91. The Hall–Kier alpha value is -2.02. The van der Waals surface area contributed by atoms with Gasteiger partial charge >= 0.3 is 0 Å². The van der Waals surface area contributed by atoms with Crippen LogP contribution in [0.5, 0.6) is 0 Å². The standard InChI is InChI=1S/C17H23F2N3O2/c1-11(13-3-4-14(18)15(19)9-13)21(2)10-16(23)22-7-5-12(6-8-22)17(20)24/h3-4,9,11-12H,5-8,10H2,1-2H3,(H2,20,24). The van der Waals surface area contributed by atoms with Gasteiger partial charge in [-0.3, -0.25) is 14.5 Å². The van der Waals surface area contributed by atoms with Crippen LogP contribution in [-0.2, 0) is 9.59 Å². The third-order valence-corrected chi connectivity index (χ3v) is 4.72. The molecule has 0 aliphatic carbocycles. The summed E-state index contributed by atoms with van der Waals surface area (Å²) in [5.41, 5.74) is 5.90. The van der Waals surface area contributed by atoms with Gasteiger partial charge in [-0.05, 0) is 44.5 Å². The van der Waals surface area contributed by atoms with Crippen LogP contribution in [0.25, 0.3) is 0 Å². The van der Waals surface area contributed by atoms with Gasteiger partial charge in [-0.1, -0.05) is 6.07 Å². The van der Waals surface area contributed by atoms with Crippen molar-refractivity contribution in [1.82, 2.24) is 9.80 Å². The number of nitrogens with zero attached hydrogens (tertiary/aromatic N) is 2. The van der Waals surface area contributed by atoms with E-state index in [0.29, 0.717) is 31.5 Å². The maximum absolute atomic E-state index is 13.4. The predicted molar refractivity (Wildman–Crippen MR) is 85.9 cm³/mol. The van der Waals surface area contributed by atoms with Crippen molar-refractivity contribution in [1.29, 1.82) is 0 Å². The van der Waals surface area contributed by atoms with Gasteiger partial charge in [0.05, 0.1) is 6.54 Å². The number of likely N-dealkylation sites (N-methyl/N-ethyl adjacent to an activating group) is 1. The molecule has 1 heterocycles. The van der Waals surface area contributed by atoms with Crippen LogP contribution in [0, 0.1) is 17.6 Å². The summed E-state index contributed by atoms with van der Waals surface area (Å²) >= 11 is 0. The summed E-state index contributed by atoms with van der Waals surface area (Å²) in [6, 6.07) is 3.53. The Labute approximate surface area is 140 Å². The fourth-order valence-electron chi connectivity index (χ4n) is 2.89. The van der Waals surface area contributed by atoms with Crippen molar-refractivity contribution >= 4 is 11.8 Å². The van der Waals surface area contributed by atoms with E-state index >= 15 is 0 Å². The number of hydrogen-bond donors (Lipinski definition) is 1. The topological polar surface area (TPSA) is 66.6 Å². The normalized spacial score (nSPS) is 17.1. The van der Waals surface area contributed by atoms with Gasteiger partial charge < -0.3 is 10.6 Å². The minimum absolute atomic E-state index is 0.0464. The highest BCUT2D eigenvalue weighted by Gasteiger charge is 2.27. The van der Waals surface area contributed by atoms with Crippen LogP contribution < -0.4 is 5.73 Å². The number of nitrogens with two attached hydrogens (primary N) is 1. The lowest BCUT2D eigenvalue weighted by molar-refractivity contribution is -0.136. The van der Waals surface area contributed by atoms with Crippen LogP contribution in [0.3, 0.4) is 0 Å². The molecule has 1 aromatic rings. The van der Waals surface area contributed by atoms with Gasteiger partial charge in [-0.2, -0.15) is 0 Å². The Morgan fingerprint density at radius 3 is 2.46 bits per heavy atom. The highest BCUT2D eigenvalue weighted by atomic mass is 19.2. The Morgan fingerprint density at radius 2 is 1.92 bits per heavy atom. The number of benzene rings is 1. The van der Waals surface area contributed by atoms with Crippen LogP contribution in [0.2, 0.25) is 0 Å². The molecule has 1 aliphatic rings. The molecule has 1 aliphatic heterocycles. The van der Waals surface area contributed by atoms with Crippen molar-refractivity contribution in [2.75, 3.05) is 26.7 Å². The highest BCUT2D eigenvalue weighted by Crippen LogP contribution is 2.22. The Bertz CT molecular complexity index is 616. The van der Waals surface area contributed by atoms with E-state index in [0.717, 1.165) is 12.1 Å². The summed E-state index contributed by atoms with van der Waals surface area (Å²) in [6.45, 7) is 3.03. The maximum Gasteiger partial charge on any atom is 0.236 e. The van der Waals surface area contributed by atoms with Gasteiger partial charge in [0.2, 0.25) is 11.8 Å². The minimum Gasteiger partial charge on any atom is -0.369 e. The number of carbonyl (C=O) groups excluding carboxylic acids is 2. The predicted octanol–water partition coefficient (Wildman–Crippen LogP) is 1.68. The SMILES string of the molecule is CC(c1ccc(F)c(F)c1)N(C)CC(=O)N1CCC(C(N)=O)CC1. The summed E-state index contributed by atoms with van der Waals surface area (Å²) < 4.78 is 26.4. The van der Waals surface area contributed by atoms with Crippen molar-refractivity contribution in [2.45, 2.75) is 25.8 Å². The van der Waals surface area contributed by atoms with Crippen LogP contribution in [0.1, 0.15) is 31.4 Å². The lowest BCUT2D eigenvalue weighted by atomic mass is 9.96. The first-order valence-electron chi connectivity index (χ1n) is 8.02. The Kier molecular flexibility index (Phi) is 5.88. The van der Waals surface area contributed by atoms with Gasteiger partial charge in [0.1, 0.15) is 0 Å². The first-order chi connectivity index (χ1) is 11.3. The molecule has 0 saturated carbocycles. The van der Waals surface area contributed by atoms with Crippen molar-refractivity contribution in [3.8, 4) is 0 Å². The third-order valence-electron chi connectivity index (χ3n) is 4.72. The average Bonchev–Trinajstić information content (AvgIpc) is 2.56. The molecular formula is C17H23F2N3O2. The average molecular weight is 339 g/mol. The third kappa shape index (κ3) is 4.29. The number of piperidine rings is 1. The summed E-state index contributed by atoms with van der Waals surface area (Å²) in [5, 5.41) is 0. The minimum atomic E-state index is -0.896. The molecule has 24 heavy (non-hydrogen) atoms. The molecule has 1 fully saturated rings. The molecule has 132 valence electrons. The lowest BCUT2D eigenvalue weighted by Gasteiger charge is -2.33. The number of primary amides is 1. The van der Waals surface area contributed by atoms with Gasteiger partial charge in [0.25, 0.3) is 0 Å². The number of halogens is 2. The molecule has 7 heteroatoms.